The number of amides is 1. The number of aromatic nitrogens is 3. The highest BCUT2D eigenvalue weighted by molar-refractivity contribution is 5.96. The highest BCUT2D eigenvalue weighted by atomic mass is 16.5. The summed E-state index contributed by atoms with van der Waals surface area (Å²) in [6.07, 6.45) is 16.8. The van der Waals surface area contributed by atoms with Gasteiger partial charge in [0, 0.05) is 54.4 Å². The fraction of sp³-hybridized carbons (Fsp3) is 0.469. The summed E-state index contributed by atoms with van der Waals surface area (Å²) in [5, 5.41) is 4.54. The van der Waals surface area contributed by atoms with Crippen LogP contribution < -0.4 is 11.1 Å². The number of fused-ring (bicyclic) bond motifs is 2. The minimum absolute atomic E-state index is 0.0993. The largest absolute Gasteiger partial charge is 0.378 e. The van der Waals surface area contributed by atoms with Gasteiger partial charge >= 0.3 is 0 Å². The molecule has 0 spiro atoms. The number of pyridine rings is 2. The van der Waals surface area contributed by atoms with Crippen molar-refractivity contribution in [3.63, 3.8) is 0 Å². The van der Waals surface area contributed by atoms with Crippen molar-refractivity contribution in [2.24, 2.45) is 5.73 Å². The maximum absolute atomic E-state index is 13.1. The molecule has 5 rings (SSSR count). The number of hydrogen-bond donors (Lipinski definition) is 2. The van der Waals surface area contributed by atoms with Gasteiger partial charge in [0.2, 0.25) is 5.91 Å². The molecule has 2 aliphatic rings. The lowest BCUT2D eigenvalue weighted by Crippen LogP contribution is -2.42. The molecular weight excluding hydrogens is 500 g/mol. The monoisotopic (exact) mass is 544 g/mol. The van der Waals surface area contributed by atoms with E-state index in [2.05, 4.69) is 32.5 Å². The van der Waals surface area contributed by atoms with Crippen LogP contribution in [0.2, 0.25) is 0 Å². The number of nitrogens with zero attached hydrogens (tertiary/aromatic N) is 4. The van der Waals surface area contributed by atoms with Gasteiger partial charge in [0.05, 0.1) is 24.4 Å². The van der Waals surface area contributed by atoms with E-state index in [9.17, 15) is 4.79 Å². The van der Waals surface area contributed by atoms with E-state index in [4.69, 9.17) is 10.5 Å². The summed E-state index contributed by atoms with van der Waals surface area (Å²) in [5.74, 6) is 0.0993. The van der Waals surface area contributed by atoms with Crippen LogP contribution in [0, 0.1) is 0 Å². The van der Waals surface area contributed by atoms with E-state index in [1.807, 2.05) is 54.6 Å². The van der Waals surface area contributed by atoms with Crippen molar-refractivity contribution in [1.29, 1.82) is 0 Å². The Morgan fingerprint density at radius 3 is 2.73 bits per heavy atom. The van der Waals surface area contributed by atoms with Gasteiger partial charge in [0.1, 0.15) is 6.54 Å². The first-order valence-corrected chi connectivity index (χ1v) is 14.6. The average Bonchev–Trinajstić information content (AvgIpc) is 3.30. The van der Waals surface area contributed by atoms with Crippen molar-refractivity contribution in [2.75, 3.05) is 39.4 Å². The number of rotatable bonds is 10. The van der Waals surface area contributed by atoms with E-state index in [1.54, 1.807) is 0 Å². The second kappa shape index (κ2) is 15.5. The quantitative estimate of drug-likeness (QED) is 0.368. The molecule has 3 aromatic heterocycles. The fourth-order valence-electron chi connectivity index (χ4n) is 5.45. The second-order valence-corrected chi connectivity index (χ2v) is 10.2. The number of allylic oxidation sites excluding steroid dienone is 1. The first-order valence-electron chi connectivity index (χ1n) is 14.6. The van der Waals surface area contributed by atoms with Crippen LogP contribution in [0.25, 0.3) is 23.1 Å². The standard InChI is InChI=1S/C23H33N5O2.C9H11N/c1-3-7-21-18(4-2)19-8-11-26-20(16-25-10-6-5-9-24)23(19)28(21)17-22(29)27-12-14-30-15-13-27;1-2-6-9-8(4-1)5-3-7-10-9/h3-4,7-8,11,25H,2,5-6,9-10,12-17,24H2,1H3;3,5,7H,1-2,4,6H2/b7-3-;. The molecule has 8 heteroatoms. The number of unbranched alkanes of at least 4 members (excludes halogenated alkanes) is 1. The first kappa shape index (κ1) is 29.6. The van der Waals surface area contributed by atoms with Gasteiger partial charge in [-0.15, -0.1) is 0 Å². The van der Waals surface area contributed by atoms with Crippen LogP contribution in [0.3, 0.4) is 0 Å². The predicted molar refractivity (Wildman–Crippen MR) is 163 cm³/mol. The topological polar surface area (TPSA) is 98.3 Å². The third kappa shape index (κ3) is 7.44. The maximum Gasteiger partial charge on any atom is 0.242 e. The summed E-state index contributed by atoms with van der Waals surface area (Å²) in [6.45, 7) is 11.0. The molecule has 1 aliphatic heterocycles. The maximum atomic E-state index is 13.1. The van der Waals surface area contributed by atoms with Crippen LogP contribution >= 0.6 is 0 Å². The average molecular weight is 545 g/mol. The van der Waals surface area contributed by atoms with Crippen molar-refractivity contribution in [1.82, 2.24) is 24.8 Å². The molecule has 1 saturated heterocycles. The van der Waals surface area contributed by atoms with Gasteiger partial charge < -0.3 is 25.3 Å². The van der Waals surface area contributed by atoms with Crippen molar-refractivity contribution >= 4 is 29.0 Å². The van der Waals surface area contributed by atoms with Gasteiger partial charge in [-0.1, -0.05) is 24.8 Å². The molecule has 8 nitrogen and oxygen atoms in total. The Bertz CT molecular complexity index is 1270. The number of morpholine rings is 1. The number of nitrogens with one attached hydrogen (secondary N) is 1. The molecule has 0 radical (unpaired) electrons. The smallest absolute Gasteiger partial charge is 0.242 e. The van der Waals surface area contributed by atoms with Gasteiger partial charge in [-0.2, -0.15) is 0 Å². The number of carbonyl (C=O) groups excluding carboxylic acids is 1. The van der Waals surface area contributed by atoms with Crippen LogP contribution in [0.1, 0.15) is 60.8 Å². The van der Waals surface area contributed by atoms with E-state index in [-0.39, 0.29) is 12.5 Å². The van der Waals surface area contributed by atoms with Crippen LogP contribution in [0.5, 0.6) is 0 Å². The lowest BCUT2D eigenvalue weighted by molar-refractivity contribution is -0.135. The van der Waals surface area contributed by atoms with Crippen LogP contribution in [0.15, 0.2) is 43.2 Å². The Morgan fingerprint density at radius 1 is 1.15 bits per heavy atom. The molecule has 0 bridgehead atoms. The molecule has 3 N–H and O–H groups in total. The Labute approximate surface area is 238 Å². The summed E-state index contributed by atoms with van der Waals surface area (Å²) in [5.41, 5.74) is 12.3. The van der Waals surface area contributed by atoms with Crippen LogP contribution in [-0.4, -0.2) is 64.7 Å². The van der Waals surface area contributed by atoms with Gasteiger partial charge in [0.25, 0.3) is 0 Å². The zero-order valence-electron chi connectivity index (χ0n) is 23.9. The van der Waals surface area contributed by atoms with Crippen LogP contribution in [-0.2, 0) is 35.5 Å². The molecule has 0 unspecified atom stereocenters. The van der Waals surface area contributed by atoms with Gasteiger partial charge in [0.15, 0.2) is 0 Å². The lowest BCUT2D eigenvalue weighted by atomic mass is 9.96. The summed E-state index contributed by atoms with van der Waals surface area (Å²) >= 11 is 0. The van der Waals surface area contributed by atoms with E-state index >= 15 is 0 Å². The minimum atomic E-state index is 0.0993. The highest BCUT2D eigenvalue weighted by Crippen LogP contribution is 2.30. The molecular formula is C32H44N6O2. The first-order chi connectivity index (χ1) is 19.7. The molecule has 0 saturated carbocycles. The van der Waals surface area contributed by atoms with E-state index < -0.39 is 0 Å². The number of hydrogen-bond acceptors (Lipinski definition) is 6. The van der Waals surface area contributed by atoms with Crippen molar-refractivity contribution in [3.05, 3.63) is 71.5 Å². The molecule has 4 heterocycles. The number of nitrogens with two attached hydrogens (primary N) is 1. The van der Waals surface area contributed by atoms with E-state index in [0.29, 0.717) is 39.4 Å². The summed E-state index contributed by atoms with van der Waals surface area (Å²) < 4.78 is 7.49. The molecule has 1 fully saturated rings. The van der Waals surface area contributed by atoms with Crippen molar-refractivity contribution < 1.29 is 9.53 Å². The molecule has 1 amide bonds. The Hall–Kier alpha value is -3.33. The lowest BCUT2D eigenvalue weighted by Gasteiger charge is -2.27. The van der Waals surface area contributed by atoms with Crippen molar-refractivity contribution in [2.45, 2.75) is 58.5 Å². The number of carbonyl (C=O) groups is 1. The summed E-state index contributed by atoms with van der Waals surface area (Å²) in [4.78, 5) is 23.9. The van der Waals surface area contributed by atoms with Gasteiger partial charge in [-0.05, 0) is 82.3 Å². The van der Waals surface area contributed by atoms with Gasteiger partial charge in [-0.25, -0.2) is 0 Å². The molecule has 214 valence electrons. The van der Waals surface area contributed by atoms with Crippen LogP contribution in [0.4, 0.5) is 0 Å². The second-order valence-electron chi connectivity index (χ2n) is 10.2. The zero-order valence-corrected chi connectivity index (χ0v) is 23.9. The van der Waals surface area contributed by atoms with E-state index in [1.165, 1.54) is 36.9 Å². The molecule has 0 aromatic carbocycles. The zero-order chi connectivity index (χ0) is 28.2. The number of ether oxygens (including phenoxy) is 1. The Morgan fingerprint density at radius 2 is 1.98 bits per heavy atom. The molecule has 40 heavy (non-hydrogen) atoms. The Balaban J connectivity index is 0.000000307. The normalized spacial score (nSPS) is 15.1. The molecule has 1 aliphatic carbocycles. The van der Waals surface area contributed by atoms with E-state index in [0.717, 1.165) is 47.2 Å². The molecule has 0 atom stereocenters. The highest BCUT2D eigenvalue weighted by Gasteiger charge is 2.22. The Kier molecular flexibility index (Phi) is 11.5. The van der Waals surface area contributed by atoms with Crippen molar-refractivity contribution in [3.8, 4) is 0 Å². The third-order valence-electron chi connectivity index (χ3n) is 7.51. The number of aryl methyl sites for hydroxylation is 2. The third-order valence-corrected chi connectivity index (χ3v) is 7.51. The summed E-state index contributed by atoms with van der Waals surface area (Å²) in [7, 11) is 0. The summed E-state index contributed by atoms with van der Waals surface area (Å²) in [6, 6.07) is 6.23. The predicted octanol–water partition coefficient (Wildman–Crippen LogP) is 4.36. The van der Waals surface area contributed by atoms with Gasteiger partial charge in [-0.3, -0.25) is 14.8 Å². The minimum Gasteiger partial charge on any atom is -0.378 e. The SMILES string of the molecule is C=Cc1c(/C=C\C)n(CC(=O)N2CCOCC2)c2c(CNCCCCN)nccc12.c1cnc2c(c1)CCCC2. The molecule has 3 aromatic rings. The fourth-order valence-corrected chi connectivity index (χ4v) is 5.45.